The highest BCUT2D eigenvalue weighted by Crippen LogP contribution is 2.30. The summed E-state index contributed by atoms with van der Waals surface area (Å²) < 4.78 is 17.3. The van der Waals surface area contributed by atoms with Gasteiger partial charge >= 0.3 is 0 Å². The second-order valence-electron chi connectivity index (χ2n) is 6.51. The lowest BCUT2D eigenvalue weighted by Gasteiger charge is -2.26. The molecule has 28 heavy (non-hydrogen) atoms. The second kappa shape index (κ2) is 8.48. The van der Waals surface area contributed by atoms with Crippen molar-refractivity contribution >= 4 is 5.91 Å². The Morgan fingerprint density at radius 3 is 2.61 bits per heavy atom. The maximum absolute atomic E-state index is 12.5. The maximum Gasteiger partial charge on any atom is 0.251 e. The van der Waals surface area contributed by atoms with Gasteiger partial charge in [-0.2, -0.15) is 0 Å². The lowest BCUT2D eigenvalue weighted by Crippen LogP contribution is -2.40. The summed E-state index contributed by atoms with van der Waals surface area (Å²) in [6, 6.07) is 24.6. The Balaban J connectivity index is 1.31. The van der Waals surface area contributed by atoms with Crippen molar-refractivity contribution in [1.29, 1.82) is 0 Å². The van der Waals surface area contributed by atoms with E-state index in [9.17, 15) is 4.79 Å². The Kier molecular flexibility index (Phi) is 5.43. The lowest BCUT2D eigenvalue weighted by atomic mass is 10.2. The molecule has 1 amide bonds. The van der Waals surface area contributed by atoms with Gasteiger partial charge < -0.3 is 19.5 Å². The third-order valence-corrected chi connectivity index (χ3v) is 4.40. The third kappa shape index (κ3) is 4.43. The maximum atomic E-state index is 12.5. The minimum absolute atomic E-state index is 0.174. The van der Waals surface area contributed by atoms with Gasteiger partial charge in [0.1, 0.15) is 25.1 Å². The van der Waals surface area contributed by atoms with E-state index in [0.717, 1.165) is 11.3 Å². The van der Waals surface area contributed by atoms with Crippen LogP contribution in [0.1, 0.15) is 15.9 Å². The van der Waals surface area contributed by atoms with Crippen molar-refractivity contribution in [2.24, 2.45) is 0 Å². The first-order chi connectivity index (χ1) is 13.8. The molecule has 0 saturated carbocycles. The van der Waals surface area contributed by atoms with Crippen molar-refractivity contribution in [3.05, 3.63) is 90.0 Å². The smallest absolute Gasteiger partial charge is 0.251 e. The molecule has 0 fully saturated rings. The molecule has 1 atom stereocenters. The van der Waals surface area contributed by atoms with Crippen LogP contribution in [-0.4, -0.2) is 25.2 Å². The number of carbonyl (C=O) groups is 1. The molecule has 1 unspecified atom stereocenters. The zero-order chi connectivity index (χ0) is 19.2. The summed E-state index contributed by atoms with van der Waals surface area (Å²) >= 11 is 0. The zero-order valence-electron chi connectivity index (χ0n) is 15.3. The number of para-hydroxylation sites is 2. The third-order valence-electron chi connectivity index (χ3n) is 4.40. The monoisotopic (exact) mass is 375 g/mol. The Hall–Kier alpha value is -3.47. The van der Waals surface area contributed by atoms with E-state index in [4.69, 9.17) is 14.2 Å². The lowest BCUT2D eigenvalue weighted by molar-refractivity contribution is 0.0789. The van der Waals surface area contributed by atoms with Gasteiger partial charge in [-0.05, 0) is 35.9 Å². The molecule has 0 aromatic heterocycles. The van der Waals surface area contributed by atoms with Crippen LogP contribution in [-0.2, 0) is 6.61 Å². The summed E-state index contributed by atoms with van der Waals surface area (Å²) in [4.78, 5) is 12.5. The molecule has 0 radical (unpaired) electrons. The van der Waals surface area contributed by atoms with E-state index >= 15 is 0 Å². The van der Waals surface area contributed by atoms with Crippen LogP contribution in [0.5, 0.6) is 17.2 Å². The topological polar surface area (TPSA) is 56.8 Å². The fraction of sp³-hybridized carbons (Fsp3) is 0.174. The number of benzene rings is 3. The van der Waals surface area contributed by atoms with Crippen LogP contribution in [0.25, 0.3) is 0 Å². The van der Waals surface area contributed by atoms with Gasteiger partial charge in [0, 0.05) is 5.56 Å². The molecule has 0 bridgehead atoms. The summed E-state index contributed by atoms with van der Waals surface area (Å²) in [6.07, 6.45) is -0.226. The highest BCUT2D eigenvalue weighted by molar-refractivity contribution is 5.94. The Labute approximate surface area is 163 Å². The molecule has 1 N–H and O–H groups in total. The van der Waals surface area contributed by atoms with E-state index in [0.29, 0.717) is 36.8 Å². The minimum Gasteiger partial charge on any atom is -0.489 e. The van der Waals surface area contributed by atoms with Gasteiger partial charge in [0.15, 0.2) is 11.5 Å². The summed E-state index contributed by atoms with van der Waals surface area (Å²) in [7, 11) is 0. The molecule has 3 aromatic carbocycles. The van der Waals surface area contributed by atoms with Gasteiger partial charge in [0.25, 0.3) is 5.91 Å². The van der Waals surface area contributed by atoms with Crippen molar-refractivity contribution in [3.63, 3.8) is 0 Å². The normalized spacial score (nSPS) is 14.9. The number of carbonyl (C=O) groups excluding carboxylic acids is 1. The largest absolute Gasteiger partial charge is 0.489 e. The van der Waals surface area contributed by atoms with E-state index < -0.39 is 0 Å². The van der Waals surface area contributed by atoms with Crippen LogP contribution in [0.15, 0.2) is 78.9 Å². The molecule has 1 heterocycles. The van der Waals surface area contributed by atoms with Crippen molar-refractivity contribution in [2.45, 2.75) is 12.7 Å². The summed E-state index contributed by atoms with van der Waals surface area (Å²) in [6.45, 7) is 1.22. The quantitative estimate of drug-likeness (QED) is 0.711. The number of fused-ring (bicyclic) bond motifs is 1. The highest BCUT2D eigenvalue weighted by Gasteiger charge is 2.21. The highest BCUT2D eigenvalue weighted by atomic mass is 16.6. The zero-order valence-corrected chi connectivity index (χ0v) is 15.3. The number of ether oxygens (including phenoxy) is 3. The van der Waals surface area contributed by atoms with Crippen molar-refractivity contribution in [2.75, 3.05) is 13.2 Å². The van der Waals surface area contributed by atoms with Gasteiger partial charge in [-0.15, -0.1) is 0 Å². The molecule has 142 valence electrons. The molecule has 5 nitrogen and oxygen atoms in total. The van der Waals surface area contributed by atoms with Crippen LogP contribution < -0.4 is 19.5 Å². The summed E-state index contributed by atoms with van der Waals surface area (Å²) in [5.41, 5.74) is 1.62. The van der Waals surface area contributed by atoms with Crippen LogP contribution in [0.4, 0.5) is 0 Å². The first kappa shape index (κ1) is 17.9. The Bertz CT molecular complexity index is 942. The first-order valence-electron chi connectivity index (χ1n) is 9.21. The number of hydrogen-bond acceptors (Lipinski definition) is 4. The number of nitrogens with one attached hydrogen (secondary N) is 1. The fourth-order valence-corrected chi connectivity index (χ4v) is 2.94. The van der Waals surface area contributed by atoms with E-state index in [-0.39, 0.29) is 12.0 Å². The van der Waals surface area contributed by atoms with E-state index in [1.165, 1.54) is 0 Å². The number of hydrogen-bond donors (Lipinski definition) is 1. The molecule has 3 aromatic rings. The molecule has 5 heteroatoms. The van der Waals surface area contributed by atoms with Gasteiger partial charge in [-0.25, -0.2) is 0 Å². The van der Waals surface area contributed by atoms with Gasteiger partial charge in [-0.1, -0.05) is 48.5 Å². The molecule has 1 aliphatic rings. The van der Waals surface area contributed by atoms with E-state index in [1.807, 2.05) is 66.7 Å². The van der Waals surface area contributed by atoms with Crippen molar-refractivity contribution in [3.8, 4) is 17.2 Å². The number of rotatable bonds is 6. The summed E-state index contributed by atoms with van der Waals surface area (Å²) in [5, 5.41) is 2.90. The van der Waals surface area contributed by atoms with Gasteiger partial charge in [-0.3, -0.25) is 4.79 Å². The minimum atomic E-state index is -0.226. The predicted octanol–water partition coefficient (Wildman–Crippen LogP) is 3.84. The van der Waals surface area contributed by atoms with Crippen LogP contribution in [0.3, 0.4) is 0 Å². The average Bonchev–Trinajstić information content (AvgIpc) is 2.77. The number of amides is 1. The molecular formula is C23H21NO4. The molecule has 1 aliphatic heterocycles. The Morgan fingerprint density at radius 2 is 1.75 bits per heavy atom. The average molecular weight is 375 g/mol. The molecule has 0 saturated heterocycles. The van der Waals surface area contributed by atoms with Crippen LogP contribution >= 0.6 is 0 Å². The molecule has 0 aliphatic carbocycles. The standard InChI is InChI=1S/C23H21NO4/c25-23(24-14-20-16-27-21-11-4-5-12-22(21)28-20)18-9-6-10-19(13-18)26-15-17-7-2-1-3-8-17/h1-13,20H,14-16H2,(H,24,25). The van der Waals surface area contributed by atoms with Gasteiger partial charge in [0.2, 0.25) is 0 Å². The molecule has 0 spiro atoms. The molecule has 4 rings (SSSR count). The van der Waals surface area contributed by atoms with E-state index in [2.05, 4.69) is 5.32 Å². The van der Waals surface area contributed by atoms with Gasteiger partial charge in [0.05, 0.1) is 6.54 Å². The van der Waals surface area contributed by atoms with Crippen molar-refractivity contribution < 1.29 is 19.0 Å². The molecular weight excluding hydrogens is 354 g/mol. The fourth-order valence-electron chi connectivity index (χ4n) is 2.94. The summed E-state index contributed by atoms with van der Waals surface area (Å²) in [5.74, 6) is 1.91. The second-order valence-corrected chi connectivity index (χ2v) is 6.51. The van der Waals surface area contributed by atoms with Crippen molar-refractivity contribution in [1.82, 2.24) is 5.32 Å². The van der Waals surface area contributed by atoms with Crippen LogP contribution in [0, 0.1) is 0 Å². The predicted molar refractivity (Wildman–Crippen MR) is 106 cm³/mol. The van der Waals surface area contributed by atoms with E-state index in [1.54, 1.807) is 12.1 Å². The first-order valence-corrected chi connectivity index (χ1v) is 9.21. The SMILES string of the molecule is O=C(NCC1COc2ccccc2O1)c1cccc(OCc2ccccc2)c1. The Morgan fingerprint density at radius 1 is 0.964 bits per heavy atom. The van der Waals surface area contributed by atoms with Crippen LogP contribution in [0.2, 0.25) is 0 Å².